The van der Waals surface area contributed by atoms with E-state index < -0.39 is 0 Å². The first kappa shape index (κ1) is 17.6. The van der Waals surface area contributed by atoms with E-state index >= 15 is 0 Å². The largest absolute Gasteiger partial charge is 0.368 e. The first-order valence-corrected chi connectivity index (χ1v) is 10.8. The zero-order valence-corrected chi connectivity index (χ0v) is 16.9. The lowest BCUT2D eigenvalue weighted by Crippen LogP contribution is -2.48. The Bertz CT molecular complexity index is 999. The number of rotatable bonds is 5. The maximum atomic E-state index is 12.7. The summed E-state index contributed by atoms with van der Waals surface area (Å²) < 4.78 is 1.88. The third kappa shape index (κ3) is 3.48. The minimum Gasteiger partial charge on any atom is -0.368 e. The number of aryl methyl sites for hydroxylation is 2. The molecule has 1 saturated carbocycles. The van der Waals surface area contributed by atoms with E-state index in [1.54, 1.807) is 11.3 Å². The van der Waals surface area contributed by atoms with E-state index in [9.17, 15) is 4.79 Å². The molecule has 0 spiro atoms. The van der Waals surface area contributed by atoms with Crippen LogP contribution in [0.5, 0.6) is 0 Å². The monoisotopic (exact) mass is 396 g/mol. The summed E-state index contributed by atoms with van der Waals surface area (Å²) >= 11 is 1.55. The number of carbonyl (C=O) groups excluding carboxylic acids is 1. The van der Waals surface area contributed by atoms with Gasteiger partial charge in [0.05, 0.1) is 0 Å². The average Bonchev–Trinajstić information content (AvgIpc) is 3.35. The van der Waals surface area contributed by atoms with E-state index in [0.717, 1.165) is 42.0 Å². The maximum Gasteiger partial charge on any atom is 0.234 e. The van der Waals surface area contributed by atoms with Crippen molar-refractivity contribution in [2.24, 2.45) is 0 Å². The third-order valence-corrected chi connectivity index (χ3v) is 6.51. The summed E-state index contributed by atoms with van der Waals surface area (Å²) in [4.78, 5) is 17.8. The zero-order chi connectivity index (χ0) is 19.1. The highest BCUT2D eigenvalue weighted by atomic mass is 32.1. The molecule has 0 atom stereocenters. The second-order valence-corrected chi connectivity index (χ2v) is 8.77. The van der Waals surface area contributed by atoms with Gasteiger partial charge < -0.3 is 9.80 Å². The number of hydrogen-bond acceptors (Lipinski definition) is 6. The molecule has 0 unspecified atom stereocenters. The molecule has 8 heteroatoms. The zero-order valence-electron chi connectivity index (χ0n) is 16.0. The van der Waals surface area contributed by atoms with Gasteiger partial charge in [0.2, 0.25) is 10.9 Å². The predicted octanol–water partition coefficient (Wildman–Crippen LogP) is 2.65. The van der Waals surface area contributed by atoms with Crippen molar-refractivity contribution in [3.05, 3.63) is 40.7 Å². The van der Waals surface area contributed by atoms with Crippen molar-refractivity contribution in [2.45, 2.75) is 38.5 Å². The third-order valence-electron chi connectivity index (χ3n) is 5.55. The van der Waals surface area contributed by atoms with Gasteiger partial charge in [0.25, 0.3) is 0 Å². The highest BCUT2D eigenvalue weighted by Gasteiger charge is 2.30. The van der Waals surface area contributed by atoms with Gasteiger partial charge in [0.1, 0.15) is 5.01 Å². The van der Waals surface area contributed by atoms with E-state index in [0.29, 0.717) is 18.8 Å². The Morgan fingerprint density at radius 3 is 2.75 bits per heavy atom. The van der Waals surface area contributed by atoms with Crippen LogP contribution in [0.4, 0.5) is 5.69 Å². The van der Waals surface area contributed by atoms with Crippen molar-refractivity contribution in [3.63, 3.8) is 0 Å². The molecule has 28 heavy (non-hydrogen) atoms. The molecule has 1 amide bonds. The summed E-state index contributed by atoms with van der Waals surface area (Å²) in [5.74, 6) is 1.73. The van der Waals surface area contributed by atoms with Crippen LogP contribution in [0, 0.1) is 6.92 Å². The van der Waals surface area contributed by atoms with Crippen molar-refractivity contribution in [1.82, 2.24) is 24.7 Å². The van der Waals surface area contributed by atoms with Gasteiger partial charge in [0.15, 0.2) is 5.82 Å². The van der Waals surface area contributed by atoms with Crippen LogP contribution >= 0.6 is 11.3 Å². The Labute approximate surface area is 168 Å². The van der Waals surface area contributed by atoms with E-state index in [-0.39, 0.29) is 5.91 Å². The molecular formula is C20H24N6OS. The van der Waals surface area contributed by atoms with Gasteiger partial charge in [-0.15, -0.1) is 10.2 Å². The smallest absolute Gasteiger partial charge is 0.234 e. The summed E-state index contributed by atoms with van der Waals surface area (Å²) in [5, 5.41) is 14.1. The van der Waals surface area contributed by atoms with Crippen LogP contribution in [-0.4, -0.2) is 56.8 Å². The van der Waals surface area contributed by atoms with Crippen LogP contribution in [0.2, 0.25) is 0 Å². The summed E-state index contributed by atoms with van der Waals surface area (Å²) in [6, 6.07) is 8.56. The van der Waals surface area contributed by atoms with Crippen molar-refractivity contribution in [1.29, 1.82) is 0 Å². The molecule has 5 rings (SSSR count). The Balaban J connectivity index is 1.15. The lowest BCUT2D eigenvalue weighted by Gasteiger charge is -2.36. The fourth-order valence-electron chi connectivity index (χ4n) is 3.78. The summed E-state index contributed by atoms with van der Waals surface area (Å²) in [6.45, 7) is 5.45. The van der Waals surface area contributed by atoms with Gasteiger partial charge in [-0.05, 0) is 37.5 Å². The normalized spacial score (nSPS) is 17.5. The summed E-state index contributed by atoms with van der Waals surface area (Å²) in [7, 11) is 0. The van der Waals surface area contributed by atoms with Crippen molar-refractivity contribution in [3.8, 4) is 0 Å². The Morgan fingerprint density at radius 2 is 2.00 bits per heavy atom. The number of amides is 1. The second-order valence-electron chi connectivity index (χ2n) is 7.73. The van der Waals surface area contributed by atoms with Crippen LogP contribution in [0.3, 0.4) is 0 Å². The van der Waals surface area contributed by atoms with Gasteiger partial charge in [-0.2, -0.15) is 9.61 Å². The molecule has 3 aromatic rings. The number of fused-ring (bicyclic) bond motifs is 1. The fourth-order valence-corrected chi connectivity index (χ4v) is 4.62. The average molecular weight is 397 g/mol. The molecule has 2 aromatic heterocycles. The number of benzene rings is 1. The lowest BCUT2D eigenvalue weighted by molar-refractivity contribution is -0.131. The Morgan fingerprint density at radius 1 is 1.18 bits per heavy atom. The van der Waals surface area contributed by atoms with Gasteiger partial charge in [-0.1, -0.05) is 23.5 Å². The van der Waals surface area contributed by atoms with Crippen molar-refractivity contribution in [2.75, 3.05) is 31.1 Å². The van der Waals surface area contributed by atoms with Gasteiger partial charge in [-0.3, -0.25) is 4.79 Å². The van der Waals surface area contributed by atoms with Crippen molar-refractivity contribution >= 4 is 27.9 Å². The number of piperazine rings is 1. The molecular weight excluding hydrogens is 372 g/mol. The first-order valence-electron chi connectivity index (χ1n) is 9.98. The number of nitrogens with zero attached hydrogens (tertiary/aromatic N) is 6. The molecule has 0 N–H and O–H groups in total. The molecule has 1 aromatic carbocycles. The molecule has 146 valence electrons. The van der Waals surface area contributed by atoms with E-state index in [4.69, 9.17) is 0 Å². The minimum atomic E-state index is 0.220. The molecule has 3 heterocycles. The Kier molecular flexibility index (Phi) is 4.50. The van der Waals surface area contributed by atoms with Crippen LogP contribution in [0.15, 0.2) is 24.3 Å². The van der Waals surface area contributed by atoms with Gasteiger partial charge in [-0.25, -0.2) is 0 Å². The lowest BCUT2D eigenvalue weighted by atomic mass is 10.2. The molecule has 0 radical (unpaired) electrons. The first-order chi connectivity index (χ1) is 13.7. The quantitative estimate of drug-likeness (QED) is 0.663. The van der Waals surface area contributed by atoms with E-state index in [2.05, 4.69) is 51.4 Å². The topological polar surface area (TPSA) is 66.6 Å². The van der Waals surface area contributed by atoms with Crippen LogP contribution in [0.25, 0.3) is 4.96 Å². The fraction of sp³-hybridized carbons (Fsp3) is 0.500. The van der Waals surface area contributed by atoms with Crippen LogP contribution in [-0.2, 0) is 11.2 Å². The molecule has 7 nitrogen and oxygen atoms in total. The second kappa shape index (κ2) is 7.16. The van der Waals surface area contributed by atoms with Crippen molar-refractivity contribution < 1.29 is 4.79 Å². The van der Waals surface area contributed by atoms with Gasteiger partial charge >= 0.3 is 0 Å². The highest BCUT2D eigenvalue weighted by Crippen LogP contribution is 2.39. The number of aromatic nitrogens is 4. The minimum absolute atomic E-state index is 0.220. The van der Waals surface area contributed by atoms with E-state index in [1.165, 1.54) is 24.1 Å². The number of carbonyl (C=O) groups is 1. The van der Waals surface area contributed by atoms with Gasteiger partial charge in [0, 0.05) is 50.6 Å². The molecule has 1 aliphatic heterocycles. The predicted molar refractivity (Wildman–Crippen MR) is 109 cm³/mol. The number of anilines is 1. The molecule has 1 saturated heterocycles. The SMILES string of the molecule is Cc1cccc(N2CCN(C(=O)CCc3nn4c(C5CC5)nnc4s3)CC2)c1. The number of hydrogen-bond donors (Lipinski definition) is 0. The summed E-state index contributed by atoms with van der Waals surface area (Å²) in [5.41, 5.74) is 2.52. The highest BCUT2D eigenvalue weighted by molar-refractivity contribution is 7.16. The van der Waals surface area contributed by atoms with Crippen LogP contribution in [0.1, 0.15) is 41.6 Å². The standard InChI is InChI=1S/C20H24N6OS/c1-14-3-2-4-16(13-14)24-9-11-25(12-10-24)18(27)8-7-17-23-26-19(15-5-6-15)21-22-20(26)28-17/h2-4,13,15H,5-12H2,1H3. The maximum absolute atomic E-state index is 12.7. The molecule has 0 bridgehead atoms. The van der Waals surface area contributed by atoms with Crippen LogP contribution < -0.4 is 4.90 Å². The summed E-state index contributed by atoms with van der Waals surface area (Å²) in [6.07, 6.45) is 3.55. The molecule has 2 aliphatic rings. The Hall–Kier alpha value is -2.48. The molecule has 2 fully saturated rings. The molecule has 1 aliphatic carbocycles. The van der Waals surface area contributed by atoms with E-state index in [1.807, 2.05) is 9.42 Å².